The van der Waals surface area contributed by atoms with Crippen LogP contribution in [0.1, 0.15) is 57.7 Å². The Balaban J connectivity index is 2.13. The van der Waals surface area contributed by atoms with Crippen molar-refractivity contribution in [1.82, 2.24) is 4.90 Å². The fourth-order valence-electron chi connectivity index (χ4n) is 3.77. The van der Waals surface area contributed by atoms with Crippen LogP contribution in [0.4, 0.5) is 0 Å². The van der Waals surface area contributed by atoms with Crippen molar-refractivity contribution >= 4 is 0 Å². The van der Waals surface area contributed by atoms with Crippen LogP contribution in [0.15, 0.2) is 24.3 Å². The van der Waals surface area contributed by atoms with Gasteiger partial charge in [-0.05, 0) is 62.2 Å². The van der Waals surface area contributed by atoms with Gasteiger partial charge in [0.15, 0.2) is 0 Å². The smallest absolute Gasteiger partial charge is 0.0499 e. The Morgan fingerprint density at radius 3 is 2.19 bits per heavy atom. The summed E-state index contributed by atoms with van der Waals surface area (Å²) >= 11 is 0. The maximum atomic E-state index is 6.35. The molecule has 1 saturated heterocycles. The Bertz CT molecular complexity index is 451. The monoisotopic (exact) mass is 288 g/mol. The standard InChI is InChI=1S/C19H32N2/c1-14-8-6-7-9-17(14)18(15(2)20)21-12-10-16(11-13-21)19(3,4)5/h6-9,15-16,18H,10-13,20H2,1-5H3. The number of rotatable bonds is 3. The maximum absolute atomic E-state index is 6.35. The molecule has 1 fully saturated rings. The summed E-state index contributed by atoms with van der Waals surface area (Å²) in [4.78, 5) is 2.61. The van der Waals surface area contributed by atoms with Gasteiger partial charge in [-0.25, -0.2) is 0 Å². The minimum Gasteiger partial charge on any atom is -0.326 e. The van der Waals surface area contributed by atoms with Gasteiger partial charge in [-0.15, -0.1) is 0 Å². The molecule has 2 heteroatoms. The highest BCUT2D eigenvalue weighted by molar-refractivity contribution is 5.30. The van der Waals surface area contributed by atoms with E-state index in [4.69, 9.17) is 5.73 Å². The largest absolute Gasteiger partial charge is 0.326 e. The molecule has 2 nitrogen and oxygen atoms in total. The van der Waals surface area contributed by atoms with Gasteiger partial charge in [0.2, 0.25) is 0 Å². The van der Waals surface area contributed by atoms with E-state index in [1.165, 1.54) is 37.1 Å². The molecule has 1 aliphatic heterocycles. The van der Waals surface area contributed by atoms with Crippen LogP contribution in [0.5, 0.6) is 0 Å². The fraction of sp³-hybridized carbons (Fsp3) is 0.684. The minimum atomic E-state index is 0.164. The number of piperidine rings is 1. The lowest BCUT2D eigenvalue weighted by molar-refractivity contribution is 0.0746. The van der Waals surface area contributed by atoms with Gasteiger partial charge in [-0.2, -0.15) is 0 Å². The molecule has 0 bridgehead atoms. The summed E-state index contributed by atoms with van der Waals surface area (Å²) in [5, 5.41) is 0. The number of nitrogens with zero attached hydrogens (tertiary/aromatic N) is 1. The molecule has 0 aromatic heterocycles. The van der Waals surface area contributed by atoms with Crippen molar-refractivity contribution in [3.05, 3.63) is 35.4 Å². The van der Waals surface area contributed by atoms with Crippen LogP contribution in [-0.2, 0) is 0 Å². The van der Waals surface area contributed by atoms with E-state index in [-0.39, 0.29) is 6.04 Å². The first-order chi connectivity index (χ1) is 9.80. The second-order valence-electron chi connectivity index (χ2n) is 7.84. The van der Waals surface area contributed by atoms with Gasteiger partial charge in [-0.1, -0.05) is 45.0 Å². The fourth-order valence-corrected chi connectivity index (χ4v) is 3.77. The highest BCUT2D eigenvalue weighted by atomic mass is 15.2. The van der Waals surface area contributed by atoms with E-state index in [2.05, 4.69) is 63.8 Å². The van der Waals surface area contributed by atoms with Gasteiger partial charge in [-0.3, -0.25) is 4.90 Å². The molecule has 21 heavy (non-hydrogen) atoms. The van der Waals surface area contributed by atoms with Gasteiger partial charge < -0.3 is 5.73 Å². The summed E-state index contributed by atoms with van der Waals surface area (Å²) in [6.45, 7) is 13.8. The number of benzene rings is 1. The van der Waals surface area contributed by atoms with Crippen LogP contribution in [0, 0.1) is 18.3 Å². The van der Waals surface area contributed by atoms with Crippen molar-refractivity contribution < 1.29 is 0 Å². The molecule has 2 N–H and O–H groups in total. The van der Waals surface area contributed by atoms with Crippen LogP contribution in [-0.4, -0.2) is 24.0 Å². The Labute approximate surface area is 130 Å². The molecule has 2 atom stereocenters. The van der Waals surface area contributed by atoms with E-state index in [0.717, 1.165) is 5.92 Å². The summed E-state index contributed by atoms with van der Waals surface area (Å²) in [6.07, 6.45) is 2.58. The SMILES string of the molecule is Cc1ccccc1C(C(C)N)N1CCC(C(C)(C)C)CC1. The van der Waals surface area contributed by atoms with Crippen LogP contribution < -0.4 is 5.73 Å². The Hall–Kier alpha value is -0.860. The molecule has 0 aliphatic carbocycles. The van der Waals surface area contributed by atoms with E-state index in [9.17, 15) is 0 Å². The van der Waals surface area contributed by atoms with Crippen molar-refractivity contribution in [3.63, 3.8) is 0 Å². The average molecular weight is 288 g/mol. The molecule has 1 aromatic rings. The molecule has 0 saturated carbocycles. The first kappa shape index (κ1) is 16.5. The summed E-state index contributed by atoms with van der Waals surface area (Å²) in [6, 6.07) is 9.22. The van der Waals surface area contributed by atoms with Crippen molar-refractivity contribution in [2.45, 2.75) is 59.5 Å². The second kappa shape index (κ2) is 6.50. The molecule has 0 amide bonds. The van der Waals surface area contributed by atoms with Crippen LogP contribution in [0.2, 0.25) is 0 Å². The Morgan fingerprint density at radius 1 is 1.14 bits per heavy atom. The predicted molar refractivity (Wildman–Crippen MR) is 91.3 cm³/mol. The van der Waals surface area contributed by atoms with E-state index in [1.54, 1.807) is 0 Å². The number of hydrogen-bond acceptors (Lipinski definition) is 2. The van der Waals surface area contributed by atoms with E-state index in [1.807, 2.05) is 0 Å². The van der Waals surface area contributed by atoms with Crippen LogP contribution >= 0.6 is 0 Å². The molecule has 1 heterocycles. The van der Waals surface area contributed by atoms with E-state index < -0.39 is 0 Å². The lowest BCUT2D eigenvalue weighted by Crippen LogP contribution is -2.45. The predicted octanol–water partition coefficient (Wildman–Crippen LogP) is 4.14. The third-order valence-electron chi connectivity index (χ3n) is 5.15. The normalized spacial score (nSPS) is 21.2. The van der Waals surface area contributed by atoms with Gasteiger partial charge in [0.25, 0.3) is 0 Å². The molecular formula is C19H32N2. The summed E-state index contributed by atoms with van der Waals surface area (Å²) in [5.41, 5.74) is 9.54. The zero-order valence-corrected chi connectivity index (χ0v) is 14.4. The third-order valence-corrected chi connectivity index (χ3v) is 5.15. The molecule has 2 rings (SSSR count). The number of aryl methyl sites for hydroxylation is 1. The van der Waals surface area contributed by atoms with Crippen molar-refractivity contribution in [1.29, 1.82) is 0 Å². The number of likely N-dealkylation sites (tertiary alicyclic amines) is 1. The lowest BCUT2D eigenvalue weighted by atomic mass is 9.75. The molecule has 1 aliphatic rings. The topological polar surface area (TPSA) is 29.3 Å². The van der Waals surface area contributed by atoms with Crippen molar-refractivity contribution in [3.8, 4) is 0 Å². The molecule has 2 unspecified atom stereocenters. The molecule has 118 valence electrons. The number of nitrogens with two attached hydrogens (primary N) is 1. The van der Waals surface area contributed by atoms with Gasteiger partial charge in [0, 0.05) is 12.1 Å². The van der Waals surface area contributed by atoms with Crippen molar-refractivity contribution in [2.24, 2.45) is 17.1 Å². The average Bonchev–Trinajstić information content (AvgIpc) is 2.40. The van der Waals surface area contributed by atoms with Crippen LogP contribution in [0.25, 0.3) is 0 Å². The highest BCUT2D eigenvalue weighted by Gasteiger charge is 2.33. The molecular weight excluding hydrogens is 256 g/mol. The third kappa shape index (κ3) is 3.87. The number of hydrogen-bond donors (Lipinski definition) is 1. The van der Waals surface area contributed by atoms with Gasteiger partial charge in [0.05, 0.1) is 0 Å². The summed E-state index contributed by atoms with van der Waals surface area (Å²) < 4.78 is 0. The van der Waals surface area contributed by atoms with Crippen LogP contribution in [0.3, 0.4) is 0 Å². The van der Waals surface area contributed by atoms with E-state index in [0.29, 0.717) is 11.5 Å². The molecule has 0 radical (unpaired) electrons. The zero-order chi connectivity index (χ0) is 15.6. The first-order valence-corrected chi connectivity index (χ1v) is 8.36. The van der Waals surface area contributed by atoms with E-state index >= 15 is 0 Å². The summed E-state index contributed by atoms with van der Waals surface area (Å²) in [5.74, 6) is 0.833. The Kier molecular flexibility index (Phi) is 5.11. The molecule has 1 aromatic carbocycles. The maximum Gasteiger partial charge on any atom is 0.0499 e. The first-order valence-electron chi connectivity index (χ1n) is 8.36. The van der Waals surface area contributed by atoms with Crippen molar-refractivity contribution in [2.75, 3.05) is 13.1 Å². The van der Waals surface area contributed by atoms with Gasteiger partial charge >= 0.3 is 0 Å². The Morgan fingerprint density at radius 2 is 1.71 bits per heavy atom. The highest BCUT2D eigenvalue weighted by Crippen LogP contribution is 2.37. The van der Waals surface area contributed by atoms with Gasteiger partial charge in [0.1, 0.15) is 0 Å². The zero-order valence-electron chi connectivity index (χ0n) is 14.4. The second-order valence-corrected chi connectivity index (χ2v) is 7.84. The summed E-state index contributed by atoms with van der Waals surface area (Å²) in [7, 11) is 0. The lowest BCUT2D eigenvalue weighted by Gasteiger charge is -2.43. The quantitative estimate of drug-likeness (QED) is 0.905. The molecule has 0 spiro atoms. The minimum absolute atomic E-state index is 0.164.